The van der Waals surface area contributed by atoms with E-state index in [9.17, 15) is 8.42 Å². The summed E-state index contributed by atoms with van der Waals surface area (Å²) in [5.41, 5.74) is 0. The van der Waals surface area contributed by atoms with Crippen molar-refractivity contribution in [2.24, 2.45) is 5.92 Å². The zero-order valence-electron chi connectivity index (χ0n) is 11.8. The molecule has 0 radical (unpaired) electrons. The Morgan fingerprint density at radius 1 is 1.40 bits per heavy atom. The molecule has 0 bridgehead atoms. The van der Waals surface area contributed by atoms with Gasteiger partial charge in [-0.1, -0.05) is 13.3 Å². The van der Waals surface area contributed by atoms with E-state index in [-0.39, 0.29) is 6.04 Å². The van der Waals surface area contributed by atoms with Crippen molar-refractivity contribution in [3.8, 4) is 0 Å². The first kappa shape index (κ1) is 14.5. The van der Waals surface area contributed by atoms with Crippen LogP contribution in [0.3, 0.4) is 0 Å². The molecule has 2 unspecified atom stereocenters. The lowest BCUT2D eigenvalue weighted by Crippen LogP contribution is -2.28. The fraction of sp³-hybridized carbons (Fsp3) is 0.714. The lowest BCUT2D eigenvalue weighted by atomic mass is 10.2. The minimum atomic E-state index is -3.34. The minimum absolute atomic E-state index is 0.157. The molecule has 0 saturated heterocycles. The maximum atomic E-state index is 12.4. The van der Waals surface area contributed by atoms with Gasteiger partial charge in [-0.2, -0.15) is 0 Å². The Kier molecular flexibility index (Phi) is 4.17. The van der Waals surface area contributed by atoms with Crippen molar-refractivity contribution >= 4 is 21.4 Å². The molecule has 1 aromatic rings. The first-order chi connectivity index (χ1) is 9.60. The molecule has 6 heteroatoms. The van der Waals surface area contributed by atoms with E-state index < -0.39 is 10.0 Å². The zero-order chi connectivity index (χ0) is 14.2. The van der Waals surface area contributed by atoms with E-state index in [1.165, 1.54) is 24.2 Å². The summed E-state index contributed by atoms with van der Waals surface area (Å²) in [6.45, 7) is 2.81. The standard InChI is InChI=1S/C14H22N2O2S2/c1-2-3-10-8-12(10)16-20(17,18)14-6-7-19-13(14)9-15-11-4-5-11/h6-7,10-12,15-16H,2-5,8-9H2,1H3. The van der Waals surface area contributed by atoms with E-state index in [1.807, 2.05) is 5.38 Å². The Balaban J connectivity index is 1.63. The van der Waals surface area contributed by atoms with Crippen molar-refractivity contribution in [2.45, 2.75) is 62.6 Å². The normalized spacial score (nSPS) is 25.9. The Labute approximate surface area is 125 Å². The minimum Gasteiger partial charge on any atom is -0.309 e. The molecule has 2 N–H and O–H groups in total. The van der Waals surface area contributed by atoms with Crippen LogP contribution >= 0.6 is 11.3 Å². The Bertz CT molecular complexity index is 563. The van der Waals surface area contributed by atoms with E-state index in [0.29, 0.717) is 23.4 Å². The molecule has 1 aromatic heterocycles. The van der Waals surface area contributed by atoms with Crippen LogP contribution in [0.4, 0.5) is 0 Å². The summed E-state index contributed by atoms with van der Waals surface area (Å²) in [6, 6.07) is 2.48. The fourth-order valence-electron chi connectivity index (χ4n) is 2.57. The predicted octanol–water partition coefficient (Wildman–Crippen LogP) is 2.47. The molecule has 2 aliphatic rings. The number of rotatable bonds is 8. The lowest BCUT2D eigenvalue weighted by molar-refractivity contribution is 0.571. The van der Waals surface area contributed by atoms with E-state index in [0.717, 1.165) is 24.1 Å². The SMILES string of the molecule is CCCC1CC1NS(=O)(=O)c1ccsc1CNC1CC1. The third-order valence-electron chi connectivity index (χ3n) is 4.01. The molecular weight excluding hydrogens is 292 g/mol. The third-order valence-corrected chi connectivity index (χ3v) is 6.64. The van der Waals surface area contributed by atoms with Gasteiger partial charge in [0.25, 0.3) is 0 Å². The van der Waals surface area contributed by atoms with Crippen molar-refractivity contribution < 1.29 is 8.42 Å². The second-order valence-corrected chi connectivity index (χ2v) is 8.56. The van der Waals surface area contributed by atoms with Gasteiger partial charge in [0.2, 0.25) is 10.0 Å². The van der Waals surface area contributed by atoms with Crippen LogP contribution in [0.15, 0.2) is 16.3 Å². The number of thiophene rings is 1. The highest BCUT2D eigenvalue weighted by Crippen LogP contribution is 2.36. The van der Waals surface area contributed by atoms with Crippen LogP contribution in [0.2, 0.25) is 0 Å². The van der Waals surface area contributed by atoms with Crippen LogP contribution in [0.1, 0.15) is 43.9 Å². The Hall–Kier alpha value is -0.430. The summed E-state index contributed by atoms with van der Waals surface area (Å²) in [7, 11) is -3.34. The van der Waals surface area contributed by atoms with Crippen molar-refractivity contribution in [3.63, 3.8) is 0 Å². The van der Waals surface area contributed by atoms with Crippen molar-refractivity contribution in [3.05, 3.63) is 16.3 Å². The molecule has 4 nitrogen and oxygen atoms in total. The highest BCUT2D eigenvalue weighted by Gasteiger charge is 2.39. The van der Waals surface area contributed by atoms with Gasteiger partial charge in [0.05, 0.1) is 4.90 Å². The summed E-state index contributed by atoms with van der Waals surface area (Å²) in [5, 5.41) is 5.26. The van der Waals surface area contributed by atoms with Gasteiger partial charge in [0.15, 0.2) is 0 Å². The van der Waals surface area contributed by atoms with Crippen LogP contribution in [-0.2, 0) is 16.6 Å². The van der Waals surface area contributed by atoms with Crippen LogP contribution in [0, 0.1) is 5.92 Å². The molecule has 3 rings (SSSR count). The van der Waals surface area contributed by atoms with Crippen molar-refractivity contribution in [1.29, 1.82) is 0 Å². The second-order valence-electron chi connectivity index (χ2n) is 5.88. The number of hydrogen-bond donors (Lipinski definition) is 2. The fourth-order valence-corrected chi connectivity index (χ4v) is 5.28. The molecule has 2 fully saturated rings. The second kappa shape index (κ2) is 5.75. The van der Waals surface area contributed by atoms with Crippen LogP contribution in [0.25, 0.3) is 0 Å². The van der Waals surface area contributed by atoms with Crippen LogP contribution < -0.4 is 10.0 Å². The van der Waals surface area contributed by atoms with Gasteiger partial charge in [0.1, 0.15) is 0 Å². The van der Waals surface area contributed by atoms with Crippen molar-refractivity contribution in [1.82, 2.24) is 10.0 Å². The first-order valence-corrected chi connectivity index (χ1v) is 9.78. The summed E-state index contributed by atoms with van der Waals surface area (Å²) < 4.78 is 27.7. The summed E-state index contributed by atoms with van der Waals surface area (Å²) in [4.78, 5) is 1.40. The van der Waals surface area contributed by atoms with Crippen molar-refractivity contribution in [2.75, 3.05) is 0 Å². The molecule has 0 amide bonds. The average molecular weight is 314 g/mol. The van der Waals surface area contributed by atoms with Gasteiger partial charge in [-0.05, 0) is 43.0 Å². The number of hydrogen-bond acceptors (Lipinski definition) is 4. The van der Waals surface area contributed by atoms with Gasteiger partial charge in [-0.15, -0.1) is 11.3 Å². The zero-order valence-corrected chi connectivity index (χ0v) is 13.4. The van der Waals surface area contributed by atoms with Gasteiger partial charge in [-0.3, -0.25) is 0 Å². The smallest absolute Gasteiger partial charge is 0.241 e. The Morgan fingerprint density at radius 3 is 2.90 bits per heavy atom. The summed E-state index contributed by atoms with van der Waals surface area (Å²) in [5.74, 6) is 0.543. The van der Waals surface area contributed by atoms with E-state index in [1.54, 1.807) is 6.07 Å². The molecule has 0 aliphatic heterocycles. The Morgan fingerprint density at radius 2 is 2.20 bits per heavy atom. The maximum Gasteiger partial charge on any atom is 0.241 e. The van der Waals surface area contributed by atoms with E-state index in [2.05, 4.69) is 17.0 Å². The van der Waals surface area contributed by atoms with Gasteiger partial charge >= 0.3 is 0 Å². The highest BCUT2D eigenvalue weighted by molar-refractivity contribution is 7.89. The maximum absolute atomic E-state index is 12.4. The molecule has 0 aromatic carbocycles. The average Bonchev–Trinajstić information content (AvgIpc) is 3.29. The van der Waals surface area contributed by atoms with Crippen LogP contribution in [0.5, 0.6) is 0 Å². The summed E-state index contributed by atoms with van der Waals surface area (Å²) in [6.07, 6.45) is 5.66. The van der Waals surface area contributed by atoms with Crippen LogP contribution in [-0.4, -0.2) is 20.5 Å². The first-order valence-electron chi connectivity index (χ1n) is 7.42. The monoisotopic (exact) mass is 314 g/mol. The topological polar surface area (TPSA) is 58.2 Å². The predicted molar refractivity (Wildman–Crippen MR) is 81.3 cm³/mol. The molecule has 112 valence electrons. The lowest BCUT2D eigenvalue weighted by Gasteiger charge is -2.08. The molecule has 1 heterocycles. The third kappa shape index (κ3) is 3.42. The van der Waals surface area contributed by atoms with Gasteiger partial charge < -0.3 is 5.32 Å². The largest absolute Gasteiger partial charge is 0.309 e. The highest BCUT2D eigenvalue weighted by atomic mass is 32.2. The number of sulfonamides is 1. The van der Waals surface area contributed by atoms with E-state index in [4.69, 9.17) is 0 Å². The van der Waals surface area contributed by atoms with E-state index >= 15 is 0 Å². The quantitative estimate of drug-likeness (QED) is 0.775. The van der Waals surface area contributed by atoms with Gasteiger partial charge in [0, 0.05) is 23.5 Å². The molecule has 2 aliphatic carbocycles. The molecule has 2 saturated carbocycles. The molecule has 20 heavy (non-hydrogen) atoms. The molecule has 0 spiro atoms. The number of nitrogens with one attached hydrogen (secondary N) is 2. The molecule has 2 atom stereocenters. The molecular formula is C14H22N2O2S2. The van der Waals surface area contributed by atoms with Gasteiger partial charge in [-0.25, -0.2) is 13.1 Å². The summed E-state index contributed by atoms with van der Waals surface area (Å²) >= 11 is 1.52.